The zero-order valence-electron chi connectivity index (χ0n) is 19.8. The van der Waals surface area contributed by atoms with Crippen molar-refractivity contribution >= 4 is 17.5 Å². The van der Waals surface area contributed by atoms with Gasteiger partial charge in [0.1, 0.15) is 11.9 Å². The van der Waals surface area contributed by atoms with E-state index in [-0.39, 0.29) is 18.0 Å². The van der Waals surface area contributed by atoms with E-state index in [2.05, 4.69) is 16.3 Å². The number of halogens is 1. The van der Waals surface area contributed by atoms with Crippen LogP contribution in [0.5, 0.6) is 0 Å². The molecule has 3 aliphatic heterocycles. The van der Waals surface area contributed by atoms with Crippen molar-refractivity contribution in [3.63, 3.8) is 0 Å². The second-order valence-electron chi connectivity index (χ2n) is 10.0. The van der Waals surface area contributed by atoms with Crippen LogP contribution in [0.1, 0.15) is 42.4 Å². The summed E-state index contributed by atoms with van der Waals surface area (Å²) in [4.78, 5) is 28.9. The molecule has 3 N–H and O–H groups in total. The number of benzene rings is 2. The highest BCUT2D eigenvalue weighted by molar-refractivity contribution is 5.91. The molecule has 2 bridgehead atoms. The standard InChI is InChI=1S/C27H29FN4O4/c28-20-5-8-23(19(11-20)12-29)32-21-6-7-22(32)10-16(9-21)13-30-26(35)24(33)25(34)27(36)31-14-17-3-1-2-4-18(17)15-31/h1-5,8,11,16,21-22,24-25,33-34H,6-7,9-10,13-15H2,(H,30,35). The van der Waals surface area contributed by atoms with Gasteiger partial charge in [-0.15, -0.1) is 0 Å². The molecule has 0 spiro atoms. The van der Waals surface area contributed by atoms with Crippen LogP contribution in [0.25, 0.3) is 0 Å². The van der Waals surface area contributed by atoms with Crippen LogP contribution in [0.15, 0.2) is 42.5 Å². The Bertz CT molecular complexity index is 1180. The third-order valence-corrected chi connectivity index (χ3v) is 7.73. The molecule has 3 heterocycles. The quantitative estimate of drug-likeness (QED) is 0.567. The van der Waals surface area contributed by atoms with Crippen molar-refractivity contribution < 1.29 is 24.2 Å². The maximum Gasteiger partial charge on any atom is 0.255 e. The second-order valence-corrected chi connectivity index (χ2v) is 10.0. The lowest BCUT2D eigenvalue weighted by Crippen LogP contribution is -2.51. The van der Waals surface area contributed by atoms with E-state index in [0.29, 0.717) is 25.2 Å². The number of nitrogens with zero attached hydrogens (tertiary/aromatic N) is 3. The Kier molecular flexibility index (Phi) is 6.65. The number of piperidine rings is 1. The Hall–Kier alpha value is -3.48. The van der Waals surface area contributed by atoms with Crippen LogP contribution in [0, 0.1) is 23.1 Å². The van der Waals surface area contributed by atoms with Gasteiger partial charge in [-0.25, -0.2) is 4.39 Å². The summed E-state index contributed by atoms with van der Waals surface area (Å²) in [6.45, 7) is 0.994. The first-order valence-electron chi connectivity index (χ1n) is 12.3. The van der Waals surface area contributed by atoms with E-state index in [9.17, 15) is 29.5 Å². The highest BCUT2D eigenvalue weighted by atomic mass is 19.1. The van der Waals surface area contributed by atoms with E-state index < -0.39 is 29.8 Å². The van der Waals surface area contributed by atoms with Gasteiger partial charge in [0.25, 0.3) is 11.8 Å². The molecule has 0 saturated carbocycles. The van der Waals surface area contributed by atoms with Crippen molar-refractivity contribution in [3.8, 4) is 6.07 Å². The SMILES string of the molecule is N#Cc1cc(F)ccc1N1C2CCC1CC(CNC(=O)C(O)C(O)C(=O)N1Cc3ccccc3C1)C2. The highest BCUT2D eigenvalue weighted by Gasteiger charge is 2.42. The number of amides is 2. The third-order valence-electron chi connectivity index (χ3n) is 7.73. The number of anilines is 1. The van der Waals surface area contributed by atoms with Crippen LogP contribution in [0.4, 0.5) is 10.1 Å². The summed E-state index contributed by atoms with van der Waals surface area (Å²) in [7, 11) is 0. The molecule has 36 heavy (non-hydrogen) atoms. The number of rotatable bonds is 6. The number of fused-ring (bicyclic) bond motifs is 3. The fourth-order valence-corrected chi connectivity index (χ4v) is 5.98. The van der Waals surface area contributed by atoms with E-state index in [1.54, 1.807) is 6.07 Å². The molecule has 3 aliphatic rings. The van der Waals surface area contributed by atoms with Gasteiger partial charge in [-0.3, -0.25) is 9.59 Å². The number of aliphatic hydroxyl groups excluding tert-OH is 2. The molecule has 2 aromatic rings. The van der Waals surface area contributed by atoms with E-state index in [4.69, 9.17) is 0 Å². The molecule has 2 aromatic carbocycles. The summed E-state index contributed by atoms with van der Waals surface area (Å²) in [6.07, 6.45) is -0.224. The van der Waals surface area contributed by atoms with Crippen LogP contribution in [-0.2, 0) is 22.7 Å². The molecule has 8 nitrogen and oxygen atoms in total. The average molecular weight is 493 g/mol. The van der Waals surface area contributed by atoms with Crippen molar-refractivity contribution in [2.45, 2.75) is 63.1 Å². The molecular weight excluding hydrogens is 463 g/mol. The molecule has 4 atom stereocenters. The predicted molar refractivity (Wildman–Crippen MR) is 129 cm³/mol. The summed E-state index contributed by atoms with van der Waals surface area (Å²) in [5, 5.41) is 32.9. The first-order chi connectivity index (χ1) is 17.4. The van der Waals surface area contributed by atoms with Gasteiger partial charge >= 0.3 is 0 Å². The van der Waals surface area contributed by atoms with Crippen LogP contribution in [0.3, 0.4) is 0 Å². The Morgan fingerprint density at radius 2 is 1.69 bits per heavy atom. The van der Waals surface area contributed by atoms with E-state index in [0.717, 1.165) is 42.5 Å². The summed E-state index contributed by atoms with van der Waals surface area (Å²) < 4.78 is 13.6. The van der Waals surface area contributed by atoms with Crippen LogP contribution in [0.2, 0.25) is 0 Å². The zero-order valence-corrected chi connectivity index (χ0v) is 19.8. The number of aliphatic hydroxyl groups is 2. The summed E-state index contributed by atoms with van der Waals surface area (Å²) in [5.74, 6) is -1.73. The number of hydrogen-bond donors (Lipinski definition) is 3. The van der Waals surface area contributed by atoms with Gasteiger partial charge in [-0.1, -0.05) is 24.3 Å². The van der Waals surface area contributed by atoms with Gasteiger partial charge in [0, 0.05) is 31.7 Å². The Labute approximate surface area is 208 Å². The summed E-state index contributed by atoms with van der Waals surface area (Å²) in [6, 6.07) is 14.3. The van der Waals surface area contributed by atoms with E-state index >= 15 is 0 Å². The molecule has 188 valence electrons. The predicted octanol–water partition coefficient (Wildman–Crippen LogP) is 1.83. The summed E-state index contributed by atoms with van der Waals surface area (Å²) >= 11 is 0. The first-order valence-corrected chi connectivity index (χ1v) is 12.3. The van der Waals surface area contributed by atoms with E-state index in [1.165, 1.54) is 17.0 Å². The lowest BCUT2D eigenvalue weighted by Gasteiger charge is -2.41. The highest BCUT2D eigenvalue weighted by Crippen LogP contribution is 2.42. The zero-order chi connectivity index (χ0) is 25.4. The molecule has 0 aromatic heterocycles. The molecule has 5 rings (SSSR count). The molecule has 0 radical (unpaired) electrons. The Morgan fingerprint density at radius 1 is 1.06 bits per heavy atom. The van der Waals surface area contributed by atoms with Crippen molar-refractivity contribution in [3.05, 3.63) is 65.0 Å². The van der Waals surface area contributed by atoms with Crippen LogP contribution in [-0.4, -0.2) is 57.8 Å². The molecule has 2 fully saturated rings. The van der Waals surface area contributed by atoms with E-state index in [1.807, 2.05) is 24.3 Å². The van der Waals surface area contributed by atoms with Crippen molar-refractivity contribution in [2.24, 2.45) is 5.92 Å². The molecular formula is C27H29FN4O4. The molecule has 4 unspecified atom stereocenters. The third kappa shape index (κ3) is 4.54. The topological polar surface area (TPSA) is 117 Å². The number of nitriles is 1. The normalized spacial score (nSPS) is 24.1. The van der Waals surface area contributed by atoms with Gasteiger partial charge in [-0.2, -0.15) is 5.26 Å². The van der Waals surface area contributed by atoms with Gasteiger partial charge in [-0.05, 0) is 60.9 Å². The number of carbonyl (C=O) groups is 2. The minimum Gasteiger partial charge on any atom is -0.380 e. The second kappa shape index (κ2) is 9.88. The van der Waals surface area contributed by atoms with Gasteiger partial charge in [0.05, 0.1) is 11.3 Å². The molecule has 2 amide bonds. The lowest BCUT2D eigenvalue weighted by molar-refractivity contribution is -0.153. The smallest absolute Gasteiger partial charge is 0.255 e. The fourth-order valence-electron chi connectivity index (χ4n) is 5.98. The first kappa shape index (κ1) is 24.2. The Morgan fingerprint density at radius 3 is 2.31 bits per heavy atom. The van der Waals surface area contributed by atoms with Crippen molar-refractivity contribution in [1.29, 1.82) is 5.26 Å². The largest absolute Gasteiger partial charge is 0.380 e. The minimum absolute atomic E-state index is 0.154. The number of nitrogens with one attached hydrogen (secondary N) is 1. The van der Waals surface area contributed by atoms with Crippen molar-refractivity contribution in [2.75, 3.05) is 11.4 Å². The van der Waals surface area contributed by atoms with Crippen LogP contribution < -0.4 is 10.2 Å². The van der Waals surface area contributed by atoms with Gasteiger partial charge in [0.2, 0.25) is 0 Å². The minimum atomic E-state index is -1.85. The molecule has 9 heteroatoms. The number of carbonyl (C=O) groups excluding carboxylic acids is 2. The molecule has 0 aliphatic carbocycles. The molecule has 2 saturated heterocycles. The van der Waals surface area contributed by atoms with Gasteiger partial charge in [0.15, 0.2) is 12.2 Å². The fraction of sp³-hybridized carbons (Fsp3) is 0.444. The van der Waals surface area contributed by atoms with Crippen molar-refractivity contribution in [1.82, 2.24) is 10.2 Å². The lowest BCUT2D eigenvalue weighted by atomic mass is 9.89. The monoisotopic (exact) mass is 492 g/mol. The summed E-state index contributed by atoms with van der Waals surface area (Å²) in [5.41, 5.74) is 3.04. The number of hydrogen-bond acceptors (Lipinski definition) is 6. The maximum atomic E-state index is 13.6. The average Bonchev–Trinajstić information content (AvgIpc) is 3.43. The van der Waals surface area contributed by atoms with Crippen LogP contribution >= 0.6 is 0 Å². The Balaban J connectivity index is 1.15. The van der Waals surface area contributed by atoms with Gasteiger partial charge < -0.3 is 25.3 Å². The maximum absolute atomic E-state index is 13.6.